The SMILES string of the molecule is CC(C)[Si](c1cc2c(Cl)ccc(-c3ccc(Br)c4sccc34)c2s1)(C(C)C)C(C)C. The van der Waals surface area contributed by atoms with E-state index in [1.807, 2.05) is 11.3 Å². The Morgan fingerprint density at radius 2 is 1.43 bits per heavy atom. The van der Waals surface area contributed by atoms with Gasteiger partial charge in [0.25, 0.3) is 0 Å². The van der Waals surface area contributed by atoms with Gasteiger partial charge in [0.15, 0.2) is 0 Å². The number of rotatable bonds is 5. The van der Waals surface area contributed by atoms with Crippen molar-refractivity contribution in [1.29, 1.82) is 0 Å². The molecule has 158 valence electrons. The van der Waals surface area contributed by atoms with Crippen LogP contribution in [0.15, 0.2) is 46.3 Å². The fraction of sp³-hybridized carbons (Fsp3) is 0.360. The monoisotopic (exact) mass is 534 g/mol. The maximum atomic E-state index is 6.76. The molecule has 0 fully saturated rings. The number of thiophene rings is 2. The lowest BCUT2D eigenvalue weighted by molar-refractivity contribution is 0.837. The molecule has 30 heavy (non-hydrogen) atoms. The quantitative estimate of drug-likeness (QED) is 0.223. The summed E-state index contributed by atoms with van der Waals surface area (Å²) < 4.78 is 5.42. The van der Waals surface area contributed by atoms with Gasteiger partial charge in [-0.2, -0.15) is 0 Å². The average Bonchev–Trinajstić information content (AvgIpc) is 3.31. The molecule has 4 rings (SSSR count). The Bertz CT molecular complexity index is 1200. The van der Waals surface area contributed by atoms with Gasteiger partial charge in [-0.15, -0.1) is 22.7 Å². The van der Waals surface area contributed by atoms with E-state index < -0.39 is 8.07 Å². The lowest BCUT2D eigenvalue weighted by Crippen LogP contribution is -2.54. The van der Waals surface area contributed by atoms with Gasteiger partial charge in [-0.1, -0.05) is 65.3 Å². The highest BCUT2D eigenvalue weighted by molar-refractivity contribution is 9.10. The van der Waals surface area contributed by atoms with Crippen LogP contribution in [0.3, 0.4) is 0 Å². The third kappa shape index (κ3) is 3.34. The first-order valence-corrected chi connectivity index (χ1v) is 15.7. The standard InChI is InChI=1S/C25H28BrClS2Si/c1-14(2)30(15(3)4,16(5)6)23-13-20-22(27)10-8-18(24(20)29-23)17-7-9-21(26)25-19(17)11-12-28-25/h7-16H,1-6H3. The molecule has 0 aliphatic rings. The molecule has 0 saturated carbocycles. The minimum absolute atomic E-state index is 0.684. The molecule has 0 nitrogen and oxygen atoms in total. The summed E-state index contributed by atoms with van der Waals surface area (Å²) in [7, 11) is -1.73. The predicted molar refractivity (Wildman–Crippen MR) is 146 cm³/mol. The summed E-state index contributed by atoms with van der Waals surface area (Å²) in [6.07, 6.45) is 0. The van der Waals surface area contributed by atoms with Crippen molar-refractivity contribution in [3.63, 3.8) is 0 Å². The molecule has 0 amide bonds. The van der Waals surface area contributed by atoms with Crippen LogP contribution in [0.4, 0.5) is 0 Å². The van der Waals surface area contributed by atoms with Gasteiger partial charge < -0.3 is 0 Å². The molecule has 0 N–H and O–H groups in total. The third-order valence-corrected chi connectivity index (χ3v) is 18.1. The van der Waals surface area contributed by atoms with Crippen molar-refractivity contribution >= 4 is 83.0 Å². The van der Waals surface area contributed by atoms with Gasteiger partial charge in [0, 0.05) is 35.2 Å². The van der Waals surface area contributed by atoms with Crippen molar-refractivity contribution in [3.05, 3.63) is 51.3 Å². The number of fused-ring (bicyclic) bond motifs is 2. The van der Waals surface area contributed by atoms with E-state index >= 15 is 0 Å². The van der Waals surface area contributed by atoms with Crippen LogP contribution < -0.4 is 4.50 Å². The number of halogens is 2. The fourth-order valence-electron chi connectivity index (χ4n) is 5.63. The van der Waals surface area contributed by atoms with Gasteiger partial charge in [-0.3, -0.25) is 0 Å². The molecule has 0 aliphatic heterocycles. The van der Waals surface area contributed by atoms with E-state index in [4.69, 9.17) is 11.6 Å². The Kier molecular flexibility index (Phi) is 6.28. The Labute approximate surface area is 202 Å². The van der Waals surface area contributed by atoms with Crippen LogP contribution in [0, 0.1) is 0 Å². The van der Waals surface area contributed by atoms with Crippen LogP contribution in [0.1, 0.15) is 41.5 Å². The number of hydrogen-bond acceptors (Lipinski definition) is 2. The Morgan fingerprint density at radius 1 is 0.800 bits per heavy atom. The van der Waals surface area contributed by atoms with Crippen LogP contribution in [0.2, 0.25) is 21.6 Å². The van der Waals surface area contributed by atoms with E-state index in [0.29, 0.717) is 16.6 Å². The molecule has 0 unspecified atom stereocenters. The molecule has 0 aliphatic carbocycles. The zero-order valence-electron chi connectivity index (χ0n) is 18.3. The largest absolute Gasteiger partial charge is 0.144 e. The minimum Gasteiger partial charge on any atom is -0.144 e. The Hall–Kier alpha value is -0.653. The summed E-state index contributed by atoms with van der Waals surface area (Å²) in [5.74, 6) is 0. The zero-order chi connectivity index (χ0) is 21.8. The van der Waals surface area contributed by atoms with Crippen LogP contribution in [-0.2, 0) is 0 Å². The zero-order valence-corrected chi connectivity index (χ0v) is 23.3. The second kappa shape index (κ2) is 8.36. The fourth-order valence-corrected chi connectivity index (χ4v) is 17.6. The first kappa shape index (κ1) is 22.5. The van der Waals surface area contributed by atoms with E-state index in [2.05, 4.69) is 99.3 Å². The molecule has 2 aromatic carbocycles. The van der Waals surface area contributed by atoms with Crippen molar-refractivity contribution in [2.75, 3.05) is 0 Å². The van der Waals surface area contributed by atoms with Gasteiger partial charge in [-0.25, -0.2) is 0 Å². The summed E-state index contributed by atoms with van der Waals surface area (Å²) in [6.45, 7) is 14.6. The third-order valence-electron chi connectivity index (χ3n) is 6.78. The van der Waals surface area contributed by atoms with Crippen molar-refractivity contribution < 1.29 is 0 Å². The molecule has 4 aromatic rings. The van der Waals surface area contributed by atoms with Crippen LogP contribution in [0.5, 0.6) is 0 Å². The van der Waals surface area contributed by atoms with Crippen LogP contribution in [-0.4, -0.2) is 8.07 Å². The molecular weight excluding hydrogens is 508 g/mol. The molecule has 2 aromatic heterocycles. The van der Waals surface area contributed by atoms with Crippen LogP contribution >= 0.6 is 50.2 Å². The van der Waals surface area contributed by atoms with Gasteiger partial charge in [0.05, 0.1) is 0 Å². The van der Waals surface area contributed by atoms with Crippen molar-refractivity contribution in [1.82, 2.24) is 0 Å². The highest BCUT2D eigenvalue weighted by Gasteiger charge is 2.45. The van der Waals surface area contributed by atoms with Crippen molar-refractivity contribution in [2.24, 2.45) is 0 Å². The maximum absolute atomic E-state index is 6.76. The van der Waals surface area contributed by atoms with Crippen LogP contribution in [0.25, 0.3) is 31.3 Å². The molecular formula is C25H28BrClS2Si. The van der Waals surface area contributed by atoms with E-state index in [1.165, 1.54) is 35.8 Å². The maximum Gasteiger partial charge on any atom is 0.107 e. The topological polar surface area (TPSA) is 0 Å². The molecule has 2 heterocycles. The average molecular weight is 536 g/mol. The lowest BCUT2D eigenvalue weighted by Gasteiger charge is -2.42. The second-order valence-electron chi connectivity index (χ2n) is 9.10. The van der Waals surface area contributed by atoms with Crippen molar-refractivity contribution in [3.8, 4) is 11.1 Å². The van der Waals surface area contributed by atoms with Gasteiger partial charge in [0.1, 0.15) is 8.07 Å². The predicted octanol–water partition coefficient (Wildman–Crippen LogP) is 10.1. The molecule has 0 atom stereocenters. The second-order valence-corrected chi connectivity index (χ2v) is 18.6. The summed E-state index contributed by atoms with van der Waals surface area (Å²) in [5.41, 5.74) is 4.66. The molecule has 5 heteroatoms. The van der Waals surface area contributed by atoms with Gasteiger partial charge in [0.2, 0.25) is 0 Å². The highest BCUT2D eigenvalue weighted by atomic mass is 79.9. The van der Waals surface area contributed by atoms with Gasteiger partial charge >= 0.3 is 0 Å². The first-order chi connectivity index (χ1) is 14.2. The summed E-state index contributed by atoms with van der Waals surface area (Å²) in [6, 6.07) is 13.4. The summed E-state index contributed by atoms with van der Waals surface area (Å²) in [4.78, 5) is 0. The number of benzene rings is 2. The smallest absolute Gasteiger partial charge is 0.107 e. The first-order valence-electron chi connectivity index (χ1n) is 10.6. The molecule has 0 saturated heterocycles. The molecule has 0 spiro atoms. The van der Waals surface area contributed by atoms with E-state index in [1.54, 1.807) is 15.8 Å². The normalized spacial score (nSPS) is 12.9. The minimum atomic E-state index is -1.73. The number of hydrogen-bond donors (Lipinski definition) is 0. The van der Waals surface area contributed by atoms with E-state index in [-0.39, 0.29) is 0 Å². The molecule has 0 bridgehead atoms. The molecule has 0 radical (unpaired) electrons. The lowest BCUT2D eigenvalue weighted by atomic mass is 10.0. The highest BCUT2D eigenvalue weighted by Crippen LogP contribution is 2.46. The van der Waals surface area contributed by atoms with E-state index in [9.17, 15) is 0 Å². The Morgan fingerprint density at radius 3 is 2.07 bits per heavy atom. The van der Waals surface area contributed by atoms with E-state index in [0.717, 1.165) is 5.02 Å². The summed E-state index contributed by atoms with van der Waals surface area (Å²) >= 11 is 14.3. The summed E-state index contributed by atoms with van der Waals surface area (Å²) in [5, 5.41) is 5.58. The Balaban J connectivity index is 2.04. The van der Waals surface area contributed by atoms with Crippen molar-refractivity contribution in [2.45, 2.75) is 58.2 Å². The van der Waals surface area contributed by atoms with Gasteiger partial charge in [-0.05, 0) is 72.3 Å².